The standard InChI is InChI=1S/C12H14BrN5/c1-18(7-9-4-2-3-5-10(9)13)12-6-11(17-14)15-8-16-12/h2-6,8H,7,14H2,1H3,(H,15,16,17). The van der Waals surface area contributed by atoms with Gasteiger partial charge in [0.15, 0.2) is 0 Å². The Labute approximate surface area is 114 Å². The largest absolute Gasteiger partial charge is 0.355 e. The Hall–Kier alpha value is -1.66. The summed E-state index contributed by atoms with van der Waals surface area (Å²) in [5.74, 6) is 6.74. The van der Waals surface area contributed by atoms with E-state index >= 15 is 0 Å². The molecule has 1 aromatic heterocycles. The smallest absolute Gasteiger partial charge is 0.145 e. The predicted molar refractivity (Wildman–Crippen MR) is 76.1 cm³/mol. The first-order valence-electron chi connectivity index (χ1n) is 5.44. The molecule has 3 N–H and O–H groups in total. The summed E-state index contributed by atoms with van der Waals surface area (Å²) in [6.07, 6.45) is 1.49. The third-order valence-electron chi connectivity index (χ3n) is 2.56. The second-order valence-corrected chi connectivity index (χ2v) is 4.71. The number of nitrogens with one attached hydrogen (secondary N) is 1. The van der Waals surface area contributed by atoms with Gasteiger partial charge in [0, 0.05) is 24.1 Å². The Bertz CT molecular complexity index is 531. The molecule has 0 aliphatic carbocycles. The van der Waals surface area contributed by atoms with Gasteiger partial charge in [-0.3, -0.25) is 0 Å². The zero-order valence-corrected chi connectivity index (χ0v) is 11.6. The van der Waals surface area contributed by atoms with Crippen LogP contribution in [0.25, 0.3) is 0 Å². The lowest BCUT2D eigenvalue weighted by Gasteiger charge is -2.19. The fourth-order valence-corrected chi connectivity index (χ4v) is 2.01. The maximum absolute atomic E-state index is 5.33. The molecule has 94 valence electrons. The van der Waals surface area contributed by atoms with E-state index in [0.29, 0.717) is 5.82 Å². The highest BCUT2D eigenvalue weighted by Gasteiger charge is 2.06. The molecule has 0 saturated heterocycles. The van der Waals surface area contributed by atoms with Gasteiger partial charge in [0.05, 0.1) is 0 Å². The lowest BCUT2D eigenvalue weighted by Crippen LogP contribution is -2.19. The number of benzene rings is 1. The molecule has 18 heavy (non-hydrogen) atoms. The second kappa shape index (κ2) is 5.79. The molecule has 0 fully saturated rings. The zero-order valence-electron chi connectivity index (χ0n) is 9.97. The molecule has 0 unspecified atom stereocenters. The number of aromatic nitrogens is 2. The number of hydrogen-bond acceptors (Lipinski definition) is 5. The first-order valence-corrected chi connectivity index (χ1v) is 6.23. The number of nitrogens with zero attached hydrogens (tertiary/aromatic N) is 3. The minimum Gasteiger partial charge on any atom is -0.355 e. The lowest BCUT2D eigenvalue weighted by molar-refractivity contribution is 0.887. The van der Waals surface area contributed by atoms with Gasteiger partial charge in [-0.2, -0.15) is 0 Å². The highest BCUT2D eigenvalue weighted by atomic mass is 79.9. The first-order chi connectivity index (χ1) is 8.70. The fraction of sp³-hybridized carbons (Fsp3) is 0.167. The van der Waals surface area contributed by atoms with Crippen molar-refractivity contribution >= 4 is 27.6 Å². The quantitative estimate of drug-likeness (QED) is 0.669. The van der Waals surface area contributed by atoms with Crippen LogP contribution in [0.15, 0.2) is 41.1 Å². The molecule has 0 radical (unpaired) electrons. The topological polar surface area (TPSA) is 67.1 Å². The summed E-state index contributed by atoms with van der Waals surface area (Å²) in [6, 6.07) is 9.91. The average Bonchev–Trinajstić information content (AvgIpc) is 2.41. The van der Waals surface area contributed by atoms with Crippen molar-refractivity contribution in [2.24, 2.45) is 5.84 Å². The van der Waals surface area contributed by atoms with E-state index in [1.54, 1.807) is 6.07 Å². The third kappa shape index (κ3) is 2.96. The van der Waals surface area contributed by atoms with Crippen LogP contribution >= 0.6 is 15.9 Å². The monoisotopic (exact) mass is 307 g/mol. The number of hydrazine groups is 1. The van der Waals surface area contributed by atoms with Gasteiger partial charge >= 0.3 is 0 Å². The van der Waals surface area contributed by atoms with Gasteiger partial charge in [0.2, 0.25) is 0 Å². The third-order valence-corrected chi connectivity index (χ3v) is 3.33. The SMILES string of the molecule is CN(Cc1ccccc1Br)c1cc(NN)ncn1. The molecule has 2 rings (SSSR count). The Kier molecular flexibility index (Phi) is 4.11. The van der Waals surface area contributed by atoms with Gasteiger partial charge in [-0.15, -0.1) is 0 Å². The molecule has 0 aliphatic rings. The highest BCUT2D eigenvalue weighted by Crippen LogP contribution is 2.20. The summed E-state index contributed by atoms with van der Waals surface area (Å²) in [5.41, 5.74) is 3.71. The summed E-state index contributed by atoms with van der Waals surface area (Å²) < 4.78 is 1.09. The summed E-state index contributed by atoms with van der Waals surface area (Å²) in [4.78, 5) is 10.2. The van der Waals surface area contributed by atoms with E-state index in [1.807, 2.05) is 30.1 Å². The van der Waals surface area contributed by atoms with Crippen LogP contribution in [0.3, 0.4) is 0 Å². The van der Waals surface area contributed by atoms with Gasteiger partial charge in [0.1, 0.15) is 18.0 Å². The number of nitrogens with two attached hydrogens (primary N) is 1. The first kappa shape index (κ1) is 12.8. The van der Waals surface area contributed by atoms with Crippen molar-refractivity contribution in [2.75, 3.05) is 17.4 Å². The second-order valence-electron chi connectivity index (χ2n) is 3.85. The number of anilines is 2. The van der Waals surface area contributed by atoms with E-state index < -0.39 is 0 Å². The molecule has 0 aliphatic heterocycles. The molecule has 5 nitrogen and oxygen atoms in total. The van der Waals surface area contributed by atoms with Crippen LogP contribution in [0.1, 0.15) is 5.56 Å². The van der Waals surface area contributed by atoms with Crippen molar-refractivity contribution in [3.63, 3.8) is 0 Å². The van der Waals surface area contributed by atoms with Crippen LogP contribution in [0.4, 0.5) is 11.6 Å². The van der Waals surface area contributed by atoms with Crippen molar-refractivity contribution < 1.29 is 0 Å². The van der Waals surface area contributed by atoms with Crippen molar-refractivity contribution in [1.29, 1.82) is 0 Å². The number of halogens is 1. The number of nitrogen functional groups attached to an aromatic ring is 1. The van der Waals surface area contributed by atoms with Crippen LogP contribution in [-0.4, -0.2) is 17.0 Å². The molecule has 0 saturated carbocycles. The maximum Gasteiger partial charge on any atom is 0.145 e. The molecule has 0 spiro atoms. The molecule has 1 heterocycles. The Morgan fingerprint density at radius 3 is 2.83 bits per heavy atom. The summed E-state index contributed by atoms with van der Waals surface area (Å²) in [7, 11) is 1.97. The van der Waals surface area contributed by atoms with Crippen molar-refractivity contribution in [2.45, 2.75) is 6.54 Å². The van der Waals surface area contributed by atoms with Crippen molar-refractivity contribution in [1.82, 2.24) is 9.97 Å². The molecule has 2 aromatic rings. The lowest BCUT2D eigenvalue weighted by atomic mass is 10.2. The van der Waals surface area contributed by atoms with E-state index in [-0.39, 0.29) is 0 Å². The van der Waals surface area contributed by atoms with Crippen molar-refractivity contribution in [3.8, 4) is 0 Å². The molecule has 1 aromatic carbocycles. The molecular weight excluding hydrogens is 294 g/mol. The summed E-state index contributed by atoms with van der Waals surface area (Å²) in [5, 5.41) is 0. The van der Waals surface area contributed by atoms with Gasteiger partial charge in [0.25, 0.3) is 0 Å². The van der Waals surface area contributed by atoms with Crippen LogP contribution in [0.5, 0.6) is 0 Å². The van der Waals surface area contributed by atoms with E-state index in [1.165, 1.54) is 11.9 Å². The highest BCUT2D eigenvalue weighted by molar-refractivity contribution is 9.10. The normalized spacial score (nSPS) is 10.2. The van der Waals surface area contributed by atoms with E-state index in [4.69, 9.17) is 5.84 Å². The molecule has 0 atom stereocenters. The average molecular weight is 308 g/mol. The van der Waals surface area contributed by atoms with Crippen molar-refractivity contribution in [3.05, 3.63) is 46.7 Å². The molecule has 0 amide bonds. The Balaban J connectivity index is 2.16. The minimum atomic E-state index is 0.596. The van der Waals surface area contributed by atoms with Crippen LogP contribution in [0.2, 0.25) is 0 Å². The Morgan fingerprint density at radius 2 is 2.11 bits per heavy atom. The van der Waals surface area contributed by atoms with Crippen LogP contribution in [0, 0.1) is 0 Å². The summed E-state index contributed by atoms with van der Waals surface area (Å²) >= 11 is 3.53. The van der Waals surface area contributed by atoms with E-state index in [2.05, 4.69) is 37.4 Å². The molecule has 6 heteroatoms. The van der Waals surface area contributed by atoms with Crippen LogP contribution < -0.4 is 16.2 Å². The zero-order chi connectivity index (χ0) is 13.0. The van der Waals surface area contributed by atoms with E-state index in [0.717, 1.165) is 16.8 Å². The Morgan fingerprint density at radius 1 is 1.33 bits per heavy atom. The molecule has 0 bridgehead atoms. The van der Waals surface area contributed by atoms with Gasteiger partial charge in [-0.25, -0.2) is 15.8 Å². The van der Waals surface area contributed by atoms with E-state index in [9.17, 15) is 0 Å². The minimum absolute atomic E-state index is 0.596. The molecular formula is C12H14BrN5. The van der Waals surface area contributed by atoms with Gasteiger partial charge in [-0.05, 0) is 11.6 Å². The predicted octanol–water partition coefficient (Wildman–Crippen LogP) is 2.16. The van der Waals surface area contributed by atoms with Gasteiger partial charge in [-0.1, -0.05) is 34.1 Å². The number of hydrogen-bond donors (Lipinski definition) is 2. The van der Waals surface area contributed by atoms with Crippen LogP contribution in [-0.2, 0) is 6.54 Å². The fourth-order valence-electron chi connectivity index (χ4n) is 1.60. The van der Waals surface area contributed by atoms with Gasteiger partial charge < -0.3 is 10.3 Å². The number of rotatable bonds is 4. The maximum atomic E-state index is 5.33. The summed E-state index contributed by atoms with van der Waals surface area (Å²) in [6.45, 7) is 0.752.